The van der Waals surface area contributed by atoms with Gasteiger partial charge in [-0.3, -0.25) is 9.59 Å². The first kappa shape index (κ1) is 17.4. The lowest BCUT2D eigenvalue weighted by Gasteiger charge is -2.13. The molecule has 1 amide bonds. The molecule has 0 aliphatic rings. The topological polar surface area (TPSA) is 92.2 Å². The van der Waals surface area contributed by atoms with Gasteiger partial charge in [0.2, 0.25) is 5.91 Å². The molecule has 0 bridgehead atoms. The fourth-order valence-electron chi connectivity index (χ4n) is 2.06. The number of carbonyl (C=O) groups is 2. The number of carbonyl (C=O) groups excluding carboxylic acids is 1. The Morgan fingerprint density at radius 2 is 1.86 bits per heavy atom. The summed E-state index contributed by atoms with van der Waals surface area (Å²) >= 11 is 1.49. The molecule has 2 N–H and O–H groups in total. The van der Waals surface area contributed by atoms with Crippen molar-refractivity contribution in [2.24, 2.45) is 0 Å². The number of thioether (sulfide) groups is 1. The van der Waals surface area contributed by atoms with Crippen molar-refractivity contribution < 1.29 is 14.7 Å². The van der Waals surface area contributed by atoms with Crippen molar-refractivity contribution in [3.63, 3.8) is 0 Å². The number of hydrogen-bond acceptors (Lipinski definition) is 5. The Balaban J connectivity index is 2.59. The SMILES string of the molecule is CSc1nc(C)c(CCC(=O)NC(C)CC(=O)O)c(C)n1. The number of aliphatic carboxylic acids is 1. The Morgan fingerprint density at radius 3 is 2.33 bits per heavy atom. The van der Waals surface area contributed by atoms with Gasteiger partial charge in [-0.25, -0.2) is 9.97 Å². The van der Waals surface area contributed by atoms with Crippen LogP contribution in [-0.4, -0.2) is 39.2 Å². The second-order valence-corrected chi connectivity index (χ2v) is 5.70. The first-order valence-corrected chi connectivity index (χ1v) is 7.95. The molecule has 1 unspecified atom stereocenters. The fourth-order valence-corrected chi connectivity index (χ4v) is 2.52. The minimum atomic E-state index is -0.921. The van der Waals surface area contributed by atoms with Crippen molar-refractivity contribution in [3.05, 3.63) is 17.0 Å². The fraction of sp³-hybridized carbons (Fsp3) is 0.571. The van der Waals surface area contributed by atoms with Gasteiger partial charge in [-0.05, 0) is 39.0 Å². The predicted molar refractivity (Wildman–Crippen MR) is 81.5 cm³/mol. The van der Waals surface area contributed by atoms with Crippen molar-refractivity contribution in [3.8, 4) is 0 Å². The van der Waals surface area contributed by atoms with E-state index in [-0.39, 0.29) is 18.4 Å². The zero-order valence-electron chi connectivity index (χ0n) is 12.8. The third-order valence-corrected chi connectivity index (χ3v) is 3.62. The summed E-state index contributed by atoms with van der Waals surface area (Å²) in [6.07, 6.45) is 2.70. The number of amides is 1. The number of hydrogen-bond donors (Lipinski definition) is 2. The van der Waals surface area contributed by atoms with Gasteiger partial charge in [-0.2, -0.15) is 0 Å². The van der Waals surface area contributed by atoms with E-state index < -0.39 is 5.97 Å². The van der Waals surface area contributed by atoms with E-state index in [0.29, 0.717) is 12.8 Å². The summed E-state index contributed by atoms with van der Waals surface area (Å²) in [5, 5.41) is 12.1. The quantitative estimate of drug-likeness (QED) is 0.588. The van der Waals surface area contributed by atoms with Crippen LogP contribution in [-0.2, 0) is 16.0 Å². The lowest BCUT2D eigenvalue weighted by molar-refractivity contribution is -0.137. The van der Waals surface area contributed by atoms with Crippen LogP contribution in [0.4, 0.5) is 0 Å². The zero-order chi connectivity index (χ0) is 16.0. The highest BCUT2D eigenvalue weighted by Crippen LogP contribution is 2.17. The highest BCUT2D eigenvalue weighted by molar-refractivity contribution is 7.98. The van der Waals surface area contributed by atoms with Crippen molar-refractivity contribution in [2.45, 2.75) is 51.2 Å². The van der Waals surface area contributed by atoms with E-state index in [1.165, 1.54) is 11.8 Å². The van der Waals surface area contributed by atoms with Gasteiger partial charge < -0.3 is 10.4 Å². The van der Waals surface area contributed by atoms with E-state index in [2.05, 4.69) is 15.3 Å². The lowest BCUT2D eigenvalue weighted by atomic mass is 10.1. The molecule has 1 atom stereocenters. The Kier molecular flexibility index (Phi) is 6.61. The van der Waals surface area contributed by atoms with Crippen LogP contribution in [0.2, 0.25) is 0 Å². The summed E-state index contributed by atoms with van der Waals surface area (Å²) in [4.78, 5) is 31.1. The van der Waals surface area contributed by atoms with E-state index in [4.69, 9.17) is 5.11 Å². The molecule has 0 fully saturated rings. The zero-order valence-corrected chi connectivity index (χ0v) is 13.6. The molecule has 0 saturated heterocycles. The summed E-state index contributed by atoms with van der Waals surface area (Å²) in [6.45, 7) is 5.50. The second-order valence-electron chi connectivity index (χ2n) is 4.93. The van der Waals surface area contributed by atoms with Crippen molar-refractivity contribution in [2.75, 3.05) is 6.26 Å². The standard InChI is InChI=1S/C14H21N3O3S/c1-8(7-13(19)20)15-12(18)6-5-11-9(2)16-14(21-4)17-10(11)3/h8H,5-7H2,1-4H3,(H,15,18)(H,19,20). The molecule has 21 heavy (non-hydrogen) atoms. The van der Waals surface area contributed by atoms with Gasteiger partial charge in [-0.1, -0.05) is 11.8 Å². The van der Waals surface area contributed by atoms with Crippen LogP contribution < -0.4 is 5.32 Å². The van der Waals surface area contributed by atoms with Crippen molar-refractivity contribution in [1.82, 2.24) is 15.3 Å². The number of nitrogens with one attached hydrogen (secondary N) is 1. The molecule has 0 aliphatic heterocycles. The monoisotopic (exact) mass is 311 g/mol. The van der Waals surface area contributed by atoms with Crippen molar-refractivity contribution in [1.29, 1.82) is 0 Å². The molecule has 0 saturated carbocycles. The Labute approximate surface area is 128 Å². The predicted octanol–water partition coefficient (Wildman–Crippen LogP) is 1.73. The Morgan fingerprint density at radius 1 is 1.29 bits per heavy atom. The molecule has 0 aromatic carbocycles. The minimum absolute atomic E-state index is 0.0741. The minimum Gasteiger partial charge on any atom is -0.481 e. The van der Waals surface area contributed by atoms with Crippen LogP contribution >= 0.6 is 11.8 Å². The summed E-state index contributed by atoms with van der Waals surface area (Å²) in [5.74, 6) is -1.08. The van der Waals surface area contributed by atoms with Crippen LogP contribution in [0.15, 0.2) is 5.16 Å². The number of aromatic nitrogens is 2. The molecule has 1 rings (SSSR count). The number of nitrogens with zero attached hydrogens (tertiary/aromatic N) is 2. The molecule has 0 spiro atoms. The Hall–Kier alpha value is -1.63. The molecule has 0 aliphatic carbocycles. The van der Waals surface area contributed by atoms with Gasteiger partial charge in [0.05, 0.1) is 6.42 Å². The molecule has 1 aromatic rings. The molecule has 6 nitrogen and oxygen atoms in total. The van der Waals surface area contributed by atoms with E-state index in [1.54, 1.807) is 6.92 Å². The smallest absolute Gasteiger partial charge is 0.305 e. The largest absolute Gasteiger partial charge is 0.481 e. The summed E-state index contributed by atoms with van der Waals surface area (Å²) in [7, 11) is 0. The average Bonchev–Trinajstić information content (AvgIpc) is 2.36. The number of rotatable bonds is 7. The molecule has 1 heterocycles. The van der Waals surface area contributed by atoms with Gasteiger partial charge in [-0.15, -0.1) is 0 Å². The Bertz CT molecular complexity index is 511. The molecular formula is C14H21N3O3S. The molecular weight excluding hydrogens is 290 g/mol. The van der Waals surface area contributed by atoms with Crippen LogP contribution in [0.3, 0.4) is 0 Å². The second kappa shape index (κ2) is 7.97. The van der Waals surface area contributed by atoms with E-state index in [0.717, 1.165) is 22.1 Å². The summed E-state index contributed by atoms with van der Waals surface area (Å²) in [6, 6.07) is -0.368. The first-order valence-electron chi connectivity index (χ1n) is 6.72. The third kappa shape index (κ3) is 5.71. The van der Waals surface area contributed by atoms with E-state index in [9.17, 15) is 9.59 Å². The van der Waals surface area contributed by atoms with E-state index >= 15 is 0 Å². The lowest BCUT2D eigenvalue weighted by Crippen LogP contribution is -2.34. The maximum absolute atomic E-state index is 11.8. The molecule has 116 valence electrons. The maximum atomic E-state index is 11.8. The van der Waals surface area contributed by atoms with E-state index in [1.807, 2.05) is 20.1 Å². The number of aryl methyl sites for hydroxylation is 2. The molecule has 0 radical (unpaired) electrons. The maximum Gasteiger partial charge on any atom is 0.305 e. The molecule has 1 aromatic heterocycles. The van der Waals surface area contributed by atoms with Gasteiger partial charge in [0.1, 0.15) is 0 Å². The first-order chi connectivity index (χ1) is 9.83. The van der Waals surface area contributed by atoms with Crippen LogP contribution in [0.5, 0.6) is 0 Å². The summed E-state index contributed by atoms with van der Waals surface area (Å²) in [5.41, 5.74) is 2.75. The number of carboxylic acids is 1. The normalized spacial score (nSPS) is 12.0. The van der Waals surface area contributed by atoms with Gasteiger partial charge in [0.25, 0.3) is 0 Å². The van der Waals surface area contributed by atoms with Gasteiger partial charge >= 0.3 is 5.97 Å². The van der Waals surface area contributed by atoms with Crippen molar-refractivity contribution >= 4 is 23.6 Å². The third-order valence-electron chi connectivity index (χ3n) is 3.07. The van der Waals surface area contributed by atoms with Gasteiger partial charge in [0, 0.05) is 23.9 Å². The van der Waals surface area contributed by atoms with Crippen LogP contribution in [0, 0.1) is 13.8 Å². The van der Waals surface area contributed by atoms with Gasteiger partial charge in [0.15, 0.2) is 5.16 Å². The highest BCUT2D eigenvalue weighted by Gasteiger charge is 2.13. The number of carboxylic acid groups (broad SMARTS) is 1. The van der Waals surface area contributed by atoms with Crippen LogP contribution in [0.1, 0.15) is 36.7 Å². The summed E-state index contributed by atoms with van der Waals surface area (Å²) < 4.78 is 0. The average molecular weight is 311 g/mol. The van der Waals surface area contributed by atoms with Crippen LogP contribution in [0.25, 0.3) is 0 Å². The highest BCUT2D eigenvalue weighted by atomic mass is 32.2. The molecule has 7 heteroatoms.